The van der Waals surface area contributed by atoms with Crippen molar-refractivity contribution in [3.05, 3.63) is 65.7 Å². The molecule has 0 aliphatic carbocycles. The van der Waals surface area contributed by atoms with Crippen LogP contribution in [0, 0.1) is 5.41 Å². The van der Waals surface area contributed by atoms with E-state index in [9.17, 15) is 0 Å². The minimum absolute atomic E-state index is 0.0952. The second-order valence-electron chi connectivity index (χ2n) is 4.55. The van der Waals surface area contributed by atoms with Gasteiger partial charge in [-0.05, 0) is 23.3 Å². The summed E-state index contributed by atoms with van der Waals surface area (Å²) in [6.07, 6.45) is 0. The Balaban J connectivity index is 1.83. The maximum Gasteiger partial charge on any atom is 0.193 e. The predicted molar refractivity (Wildman–Crippen MR) is 92.0 cm³/mol. The van der Waals surface area contributed by atoms with Crippen LogP contribution in [-0.4, -0.2) is 11.1 Å². The largest absolute Gasteiger partial charge is 0.489 e. The highest BCUT2D eigenvalue weighted by molar-refractivity contribution is 8.13. The molecule has 5 nitrogen and oxygen atoms in total. The third kappa shape index (κ3) is 5.49. The Hall–Kier alpha value is -2.47. The Morgan fingerprint density at radius 3 is 2.32 bits per heavy atom. The number of rotatable bonds is 5. The second kappa shape index (κ2) is 8.09. The molecule has 0 unspecified atom stereocenters. The number of amidine groups is 1. The molecule has 2 aromatic carbocycles. The van der Waals surface area contributed by atoms with E-state index in [2.05, 4.69) is 4.99 Å². The molecule has 114 valence electrons. The molecule has 0 aliphatic rings. The van der Waals surface area contributed by atoms with Crippen LogP contribution in [0.2, 0.25) is 0 Å². The molecule has 0 heterocycles. The number of ether oxygens (including phenoxy) is 1. The molecule has 0 spiro atoms. The molecule has 0 atom stereocenters. The highest BCUT2D eigenvalue weighted by Crippen LogP contribution is 2.18. The van der Waals surface area contributed by atoms with E-state index >= 15 is 0 Å². The number of nitrogens with zero attached hydrogens (tertiary/aromatic N) is 1. The topological polar surface area (TPSA) is 97.5 Å². The molecule has 0 aliphatic heterocycles. The Bertz CT molecular complexity index is 637. The SMILES string of the molecule is N=C(N=C(N)N)SCc1ccc(OCc2ccccc2)cc1. The Morgan fingerprint density at radius 2 is 1.68 bits per heavy atom. The van der Waals surface area contributed by atoms with Crippen LogP contribution < -0.4 is 16.2 Å². The van der Waals surface area contributed by atoms with Crippen LogP contribution in [0.4, 0.5) is 0 Å². The van der Waals surface area contributed by atoms with Crippen molar-refractivity contribution >= 4 is 22.9 Å². The average molecular weight is 314 g/mol. The predicted octanol–water partition coefficient (Wildman–Crippen LogP) is 2.71. The highest BCUT2D eigenvalue weighted by atomic mass is 32.2. The molecule has 0 saturated carbocycles. The van der Waals surface area contributed by atoms with Crippen molar-refractivity contribution in [3.8, 4) is 5.75 Å². The molecule has 6 heteroatoms. The van der Waals surface area contributed by atoms with Crippen LogP contribution in [0.25, 0.3) is 0 Å². The molecular formula is C16H18N4OS. The number of aliphatic imine (C=N–C) groups is 1. The highest BCUT2D eigenvalue weighted by Gasteiger charge is 2.00. The van der Waals surface area contributed by atoms with E-state index < -0.39 is 0 Å². The number of nitrogens with two attached hydrogens (primary N) is 2. The van der Waals surface area contributed by atoms with E-state index in [1.807, 2.05) is 54.6 Å². The van der Waals surface area contributed by atoms with Gasteiger partial charge in [-0.25, -0.2) is 0 Å². The molecule has 0 bridgehead atoms. The zero-order chi connectivity index (χ0) is 15.8. The lowest BCUT2D eigenvalue weighted by Crippen LogP contribution is -2.23. The van der Waals surface area contributed by atoms with Crippen molar-refractivity contribution in [2.24, 2.45) is 16.5 Å². The Labute approximate surface area is 133 Å². The van der Waals surface area contributed by atoms with Gasteiger partial charge in [-0.3, -0.25) is 5.41 Å². The molecule has 22 heavy (non-hydrogen) atoms. The zero-order valence-electron chi connectivity index (χ0n) is 12.0. The van der Waals surface area contributed by atoms with Gasteiger partial charge in [0.2, 0.25) is 0 Å². The van der Waals surface area contributed by atoms with Gasteiger partial charge in [0.25, 0.3) is 0 Å². The standard InChI is InChI=1S/C16H18N4OS/c17-15(18)20-16(19)22-11-13-6-8-14(9-7-13)21-10-12-4-2-1-3-5-12/h1-9H,10-11H2,(H5,17,18,19,20). The van der Waals surface area contributed by atoms with Crippen molar-refractivity contribution in [1.82, 2.24) is 0 Å². The maximum atomic E-state index is 7.56. The van der Waals surface area contributed by atoms with Crippen molar-refractivity contribution in [2.75, 3.05) is 0 Å². The van der Waals surface area contributed by atoms with Crippen LogP contribution in [0.3, 0.4) is 0 Å². The number of guanidine groups is 1. The normalized spacial score (nSPS) is 10.0. The van der Waals surface area contributed by atoms with Gasteiger partial charge in [-0.2, -0.15) is 4.99 Å². The maximum absolute atomic E-state index is 7.56. The first-order valence-corrected chi connectivity index (χ1v) is 7.68. The van der Waals surface area contributed by atoms with Gasteiger partial charge in [-0.1, -0.05) is 54.2 Å². The minimum atomic E-state index is -0.0952. The smallest absolute Gasteiger partial charge is 0.193 e. The first-order chi connectivity index (χ1) is 10.6. The lowest BCUT2D eigenvalue weighted by atomic mass is 10.2. The summed E-state index contributed by atoms with van der Waals surface area (Å²) < 4.78 is 5.72. The first-order valence-electron chi connectivity index (χ1n) is 6.70. The third-order valence-corrected chi connectivity index (χ3v) is 3.62. The summed E-state index contributed by atoms with van der Waals surface area (Å²) in [5.74, 6) is 1.35. The van der Waals surface area contributed by atoms with Gasteiger partial charge < -0.3 is 16.2 Å². The number of nitrogens with one attached hydrogen (secondary N) is 1. The molecule has 2 aromatic rings. The van der Waals surface area contributed by atoms with Gasteiger partial charge in [0, 0.05) is 5.75 Å². The number of hydrogen-bond acceptors (Lipinski definition) is 3. The van der Waals surface area contributed by atoms with E-state index in [0.717, 1.165) is 16.9 Å². The van der Waals surface area contributed by atoms with Crippen molar-refractivity contribution < 1.29 is 4.74 Å². The van der Waals surface area contributed by atoms with Crippen LogP contribution in [0.1, 0.15) is 11.1 Å². The molecule has 5 N–H and O–H groups in total. The lowest BCUT2D eigenvalue weighted by molar-refractivity contribution is 0.306. The molecule has 0 aromatic heterocycles. The van der Waals surface area contributed by atoms with Crippen LogP contribution in [0.5, 0.6) is 5.75 Å². The van der Waals surface area contributed by atoms with Crippen LogP contribution in [0.15, 0.2) is 59.6 Å². The van der Waals surface area contributed by atoms with Crippen molar-refractivity contribution in [2.45, 2.75) is 12.4 Å². The summed E-state index contributed by atoms with van der Waals surface area (Å²) in [6.45, 7) is 0.546. The van der Waals surface area contributed by atoms with Gasteiger partial charge >= 0.3 is 0 Å². The first kappa shape index (κ1) is 15.9. The molecule has 0 amide bonds. The van der Waals surface area contributed by atoms with Gasteiger partial charge in [0.05, 0.1) is 0 Å². The molecule has 0 fully saturated rings. The zero-order valence-corrected chi connectivity index (χ0v) is 12.8. The summed E-state index contributed by atoms with van der Waals surface area (Å²) >= 11 is 1.27. The summed E-state index contributed by atoms with van der Waals surface area (Å²) in [5, 5.41) is 7.66. The van der Waals surface area contributed by atoms with Gasteiger partial charge in [0.15, 0.2) is 11.1 Å². The number of benzene rings is 2. The fraction of sp³-hybridized carbons (Fsp3) is 0.125. The fourth-order valence-electron chi connectivity index (χ4n) is 1.72. The summed E-state index contributed by atoms with van der Waals surface area (Å²) in [7, 11) is 0. The fourth-order valence-corrected chi connectivity index (χ4v) is 2.39. The average Bonchev–Trinajstić information content (AvgIpc) is 2.52. The molecule has 2 rings (SSSR count). The van der Waals surface area contributed by atoms with E-state index in [1.165, 1.54) is 11.8 Å². The summed E-state index contributed by atoms with van der Waals surface area (Å²) in [6, 6.07) is 17.8. The van der Waals surface area contributed by atoms with Crippen LogP contribution >= 0.6 is 11.8 Å². The summed E-state index contributed by atoms with van der Waals surface area (Å²) in [5.41, 5.74) is 12.6. The monoisotopic (exact) mass is 314 g/mol. The van der Waals surface area contributed by atoms with Gasteiger partial charge in [0.1, 0.15) is 12.4 Å². The lowest BCUT2D eigenvalue weighted by Gasteiger charge is -2.07. The van der Waals surface area contributed by atoms with E-state index in [-0.39, 0.29) is 11.1 Å². The van der Waals surface area contributed by atoms with E-state index in [4.69, 9.17) is 21.6 Å². The van der Waals surface area contributed by atoms with Crippen LogP contribution in [-0.2, 0) is 12.4 Å². The number of thioether (sulfide) groups is 1. The molecule has 0 saturated heterocycles. The second-order valence-corrected chi connectivity index (χ2v) is 5.51. The number of hydrogen-bond donors (Lipinski definition) is 3. The summed E-state index contributed by atoms with van der Waals surface area (Å²) in [4.78, 5) is 3.67. The molecular weight excluding hydrogens is 296 g/mol. The minimum Gasteiger partial charge on any atom is -0.489 e. The Morgan fingerprint density at radius 1 is 1.00 bits per heavy atom. The molecule has 0 radical (unpaired) electrons. The third-order valence-electron chi connectivity index (χ3n) is 2.78. The van der Waals surface area contributed by atoms with Crippen molar-refractivity contribution in [1.29, 1.82) is 5.41 Å². The van der Waals surface area contributed by atoms with E-state index in [1.54, 1.807) is 0 Å². The quantitative estimate of drug-likeness (QED) is 0.584. The van der Waals surface area contributed by atoms with Crippen molar-refractivity contribution in [3.63, 3.8) is 0 Å². The van der Waals surface area contributed by atoms with E-state index in [0.29, 0.717) is 12.4 Å². The Kier molecular flexibility index (Phi) is 5.85. The van der Waals surface area contributed by atoms with Gasteiger partial charge in [-0.15, -0.1) is 0 Å².